The van der Waals surface area contributed by atoms with Gasteiger partial charge in [-0.05, 0) is 0 Å². The Morgan fingerprint density at radius 2 is 1.64 bits per heavy atom. The smallest absolute Gasteiger partial charge is 0.311 e. The summed E-state index contributed by atoms with van der Waals surface area (Å²) in [4.78, 5) is 0. The van der Waals surface area contributed by atoms with E-state index < -0.39 is 15.1 Å². The van der Waals surface area contributed by atoms with Crippen LogP contribution in [0.4, 0.5) is 0 Å². The topological polar surface area (TPSA) is 106 Å². The quantitative estimate of drug-likeness (QED) is 0.606. The molecule has 1 aromatic carbocycles. The molecule has 1 aromatic rings. The predicted molar refractivity (Wildman–Crippen MR) is 53.3 cm³/mol. The molecule has 0 aliphatic carbocycles. The molecule has 0 aliphatic heterocycles. The van der Waals surface area contributed by atoms with Crippen LogP contribution in [0.25, 0.3) is 5.70 Å². The van der Waals surface area contributed by atoms with E-state index in [0.29, 0.717) is 5.56 Å². The second kappa shape index (κ2) is 3.69. The fraction of sp³-hybridized carbons (Fsp3) is 0. The van der Waals surface area contributed by atoms with Crippen molar-refractivity contribution >= 4 is 15.8 Å². The summed E-state index contributed by atoms with van der Waals surface area (Å²) in [5.74, 6) is 0. The Balaban J connectivity index is 3.26. The van der Waals surface area contributed by atoms with E-state index in [1.54, 1.807) is 30.3 Å². The van der Waals surface area contributed by atoms with Crippen LogP contribution in [0.2, 0.25) is 0 Å². The molecule has 6 heteroatoms. The lowest BCUT2D eigenvalue weighted by atomic mass is 10.2. The molecule has 1 rings (SSSR count). The maximum atomic E-state index is 10.6. The van der Waals surface area contributed by atoms with Crippen LogP contribution < -0.4 is 11.5 Å². The third-order valence-corrected chi connectivity index (χ3v) is 2.40. The van der Waals surface area contributed by atoms with Gasteiger partial charge >= 0.3 is 10.1 Å². The molecular weight excluding hydrogens is 204 g/mol. The zero-order valence-corrected chi connectivity index (χ0v) is 8.03. The molecular formula is C8H10N2O3S. The Morgan fingerprint density at radius 1 is 1.14 bits per heavy atom. The summed E-state index contributed by atoms with van der Waals surface area (Å²) < 4.78 is 29.9. The predicted octanol–water partition coefficient (Wildman–Crippen LogP) is 0.118. The molecule has 0 atom stereocenters. The SMILES string of the molecule is NC(=C(N)S(=O)(=O)O)c1ccccc1. The van der Waals surface area contributed by atoms with E-state index in [1.165, 1.54) is 0 Å². The minimum atomic E-state index is -4.42. The van der Waals surface area contributed by atoms with E-state index in [0.717, 1.165) is 0 Å². The largest absolute Gasteiger partial charge is 0.396 e. The summed E-state index contributed by atoms with van der Waals surface area (Å²) in [7, 11) is -4.42. The Hall–Kier alpha value is -1.53. The number of hydrogen-bond donors (Lipinski definition) is 3. The molecule has 0 saturated carbocycles. The maximum absolute atomic E-state index is 10.6. The molecule has 0 aliphatic rings. The number of rotatable bonds is 2. The molecule has 0 spiro atoms. The zero-order valence-electron chi connectivity index (χ0n) is 7.21. The van der Waals surface area contributed by atoms with Gasteiger partial charge in [0.05, 0.1) is 5.70 Å². The van der Waals surface area contributed by atoms with E-state index in [-0.39, 0.29) is 5.70 Å². The van der Waals surface area contributed by atoms with Crippen molar-refractivity contribution in [1.29, 1.82) is 0 Å². The molecule has 5 N–H and O–H groups in total. The molecule has 0 amide bonds. The average molecular weight is 214 g/mol. The number of benzene rings is 1. The minimum absolute atomic E-state index is 0.159. The highest BCUT2D eigenvalue weighted by atomic mass is 32.2. The second-order valence-corrected chi connectivity index (χ2v) is 4.01. The van der Waals surface area contributed by atoms with Gasteiger partial charge in [-0.2, -0.15) is 8.42 Å². The third kappa shape index (κ3) is 2.24. The van der Waals surface area contributed by atoms with Crippen LogP contribution in [0.3, 0.4) is 0 Å². The highest BCUT2D eigenvalue weighted by molar-refractivity contribution is 7.89. The van der Waals surface area contributed by atoms with Crippen LogP contribution in [-0.2, 0) is 10.1 Å². The van der Waals surface area contributed by atoms with Gasteiger partial charge in [0.1, 0.15) is 0 Å². The van der Waals surface area contributed by atoms with Gasteiger partial charge in [0.15, 0.2) is 5.03 Å². The molecule has 76 valence electrons. The molecule has 0 aromatic heterocycles. The summed E-state index contributed by atoms with van der Waals surface area (Å²) in [5, 5.41) is -0.733. The fourth-order valence-electron chi connectivity index (χ4n) is 0.899. The fourth-order valence-corrected chi connectivity index (χ4v) is 1.29. The molecule has 14 heavy (non-hydrogen) atoms. The van der Waals surface area contributed by atoms with Crippen molar-refractivity contribution in [3.63, 3.8) is 0 Å². The van der Waals surface area contributed by atoms with Crippen LogP contribution >= 0.6 is 0 Å². The average Bonchev–Trinajstić information content (AvgIpc) is 2.15. The summed E-state index contributed by atoms with van der Waals surface area (Å²) in [6.45, 7) is 0. The molecule has 0 saturated heterocycles. The monoisotopic (exact) mass is 214 g/mol. The number of nitrogens with two attached hydrogens (primary N) is 2. The van der Waals surface area contributed by atoms with Crippen LogP contribution in [0, 0.1) is 0 Å². The number of hydrogen-bond acceptors (Lipinski definition) is 4. The lowest BCUT2D eigenvalue weighted by Gasteiger charge is -2.04. The van der Waals surface area contributed by atoms with Crippen molar-refractivity contribution in [3.05, 3.63) is 40.9 Å². The van der Waals surface area contributed by atoms with Gasteiger partial charge in [0, 0.05) is 5.56 Å². The van der Waals surface area contributed by atoms with Gasteiger partial charge in [0.25, 0.3) is 0 Å². The van der Waals surface area contributed by atoms with Crippen LogP contribution in [0.1, 0.15) is 5.56 Å². The van der Waals surface area contributed by atoms with Crippen molar-refractivity contribution in [3.8, 4) is 0 Å². The first kappa shape index (κ1) is 10.6. The van der Waals surface area contributed by atoms with Gasteiger partial charge in [-0.1, -0.05) is 30.3 Å². The van der Waals surface area contributed by atoms with Crippen molar-refractivity contribution in [1.82, 2.24) is 0 Å². The van der Waals surface area contributed by atoms with Crippen LogP contribution in [0.15, 0.2) is 35.4 Å². The standard InChI is InChI=1S/C8H10N2O3S/c9-7(8(10)14(11,12)13)6-4-2-1-3-5-6/h1-5H,9-10H2,(H,11,12,13). The van der Waals surface area contributed by atoms with Gasteiger partial charge in [-0.3, -0.25) is 4.55 Å². The van der Waals surface area contributed by atoms with E-state index in [4.69, 9.17) is 16.0 Å². The molecule has 0 fully saturated rings. The van der Waals surface area contributed by atoms with E-state index in [9.17, 15) is 8.42 Å². The van der Waals surface area contributed by atoms with Gasteiger partial charge in [-0.25, -0.2) is 0 Å². The third-order valence-electron chi connectivity index (χ3n) is 1.63. The molecule has 5 nitrogen and oxygen atoms in total. The Bertz CT molecular complexity index is 451. The van der Waals surface area contributed by atoms with Gasteiger partial charge in [-0.15, -0.1) is 0 Å². The second-order valence-electron chi connectivity index (χ2n) is 2.62. The van der Waals surface area contributed by atoms with Gasteiger partial charge in [0.2, 0.25) is 0 Å². The molecule has 0 heterocycles. The van der Waals surface area contributed by atoms with Crippen molar-refractivity contribution in [2.24, 2.45) is 11.5 Å². The van der Waals surface area contributed by atoms with E-state index >= 15 is 0 Å². The first-order valence-corrected chi connectivity index (χ1v) is 5.15. The van der Waals surface area contributed by atoms with Gasteiger partial charge < -0.3 is 11.5 Å². The molecule has 0 unspecified atom stereocenters. The Kier molecular flexibility index (Phi) is 2.78. The van der Waals surface area contributed by atoms with Crippen molar-refractivity contribution in [2.45, 2.75) is 0 Å². The summed E-state index contributed by atoms with van der Waals surface area (Å²) in [6.07, 6.45) is 0. The lowest BCUT2D eigenvalue weighted by molar-refractivity contribution is 0.490. The maximum Gasteiger partial charge on any atom is 0.311 e. The van der Waals surface area contributed by atoms with Crippen molar-refractivity contribution < 1.29 is 13.0 Å². The summed E-state index contributed by atoms with van der Waals surface area (Å²) in [5.41, 5.74) is 10.9. The van der Waals surface area contributed by atoms with Crippen LogP contribution in [-0.4, -0.2) is 13.0 Å². The highest BCUT2D eigenvalue weighted by Gasteiger charge is 2.14. The Labute approximate surface area is 81.8 Å². The first-order valence-electron chi connectivity index (χ1n) is 3.71. The summed E-state index contributed by atoms with van der Waals surface area (Å²) in [6, 6.07) is 8.29. The molecule has 0 bridgehead atoms. The van der Waals surface area contributed by atoms with Crippen LogP contribution in [0.5, 0.6) is 0 Å². The minimum Gasteiger partial charge on any atom is -0.396 e. The Morgan fingerprint density at radius 3 is 2.07 bits per heavy atom. The zero-order chi connectivity index (χ0) is 10.8. The summed E-state index contributed by atoms with van der Waals surface area (Å²) >= 11 is 0. The van der Waals surface area contributed by atoms with E-state index in [2.05, 4.69) is 0 Å². The normalized spacial score (nSPS) is 13.5. The highest BCUT2D eigenvalue weighted by Crippen LogP contribution is 2.12. The van der Waals surface area contributed by atoms with Crippen molar-refractivity contribution in [2.75, 3.05) is 0 Å². The molecule has 0 radical (unpaired) electrons. The first-order chi connectivity index (χ1) is 6.43. The lowest BCUT2D eigenvalue weighted by Crippen LogP contribution is -2.17. The van der Waals surface area contributed by atoms with E-state index in [1.807, 2.05) is 0 Å².